The van der Waals surface area contributed by atoms with Crippen LogP contribution in [0.25, 0.3) is 11.3 Å². The van der Waals surface area contributed by atoms with Gasteiger partial charge in [0, 0.05) is 19.7 Å². The predicted octanol–water partition coefficient (Wildman–Crippen LogP) is 2.27. The van der Waals surface area contributed by atoms with Gasteiger partial charge in [0.1, 0.15) is 11.3 Å². The lowest BCUT2D eigenvalue weighted by Gasteiger charge is -2.33. The average molecular weight is 355 g/mol. The molecule has 0 saturated heterocycles. The quantitative estimate of drug-likeness (QED) is 0.891. The molecule has 1 aliphatic rings. The first-order chi connectivity index (χ1) is 12.3. The van der Waals surface area contributed by atoms with Crippen LogP contribution in [0.4, 0.5) is 0 Å². The zero-order valence-electron chi connectivity index (χ0n) is 15.7. The summed E-state index contributed by atoms with van der Waals surface area (Å²) in [5.41, 5.74) is 7.81. The van der Waals surface area contributed by atoms with E-state index >= 15 is 0 Å². The van der Waals surface area contributed by atoms with Crippen LogP contribution in [0.15, 0.2) is 35.3 Å². The van der Waals surface area contributed by atoms with Gasteiger partial charge in [0.05, 0.1) is 24.4 Å². The van der Waals surface area contributed by atoms with Crippen LogP contribution < -0.4 is 10.5 Å². The van der Waals surface area contributed by atoms with E-state index in [1.54, 1.807) is 11.7 Å². The number of hydrogen-bond donors (Lipinski definition) is 1. The molecule has 0 radical (unpaired) electrons. The van der Waals surface area contributed by atoms with Gasteiger partial charge in [-0.25, -0.2) is 4.99 Å². The lowest BCUT2D eigenvalue weighted by molar-refractivity contribution is -0.128. The minimum Gasteiger partial charge on any atom is -0.494 e. The summed E-state index contributed by atoms with van der Waals surface area (Å²) >= 11 is 0. The maximum Gasteiger partial charge on any atom is 0.231 e. The highest BCUT2D eigenvalue weighted by Gasteiger charge is 2.38. The van der Waals surface area contributed by atoms with E-state index in [1.165, 1.54) is 4.90 Å². The van der Waals surface area contributed by atoms with Gasteiger partial charge in [-0.05, 0) is 31.5 Å². The summed E-state index contributed by atoms with van der Waals surface area (Å²) in [6.45, 7) is 4.66. The highest BCUT2D eigenvalue weighted by molar-refractivity contribution is 5.98. The minimum atomic E-state index is -0.732. The van der Waals surface area contributed by atoms with Gasteiger partial charge in [0.2, 0.25) is 5.91 Å². The lowest BCUT2D eigenvalue weighted by atomic mass is 9.91. The molecule has 1 amide bonds. The second-order valence-electron chi connectivity index (χ2n) is 6.79. The Morgan fingerprint density at radius 3 is 2.77 bits per heavy atom. The van der Waals surface area contributed by atoms with Gasteiger partial charge in [-0.15, -0.1) is 0 Å². The summed E-state index contributed by atoms with van der Waals surface area (Å²) in [4.78, 5) is 18.2. The summed E-state index contributed by atoms with van der Waals surface area (Å²) in [5.74, 6) is 0.985. The van der Waals surface area contributed by atoms with Crippen molar-refractivity contribution in [2.45, 2.75) is 32.2 Å². The topological polar surface area (TPSA) is 85.7 Å². The molecule has 1 aromatic heterocycles. The van der Waals surface area contributed by atoms with Crippen molar-refractivity contribution >= 4 is 11.9 Å². The van der Waals surface area contributed by atoms with Gasteiger partial charge in [0.25, 0.3) is 0 Å². The van der Waals surface area contributed by atoms with Crippen molar-refractivity contribution in [3.8, 4) is 17.0 Å². The molecule has 7 nitrogen and oxygen atoms in total. The summed E-state index contributed by atoms with van der Waals surface area (Å²) in [6, 6.07) is 9.82. The van der Waals surface area contributed by atoms with Gasteiger partial charge in [0.15, 0.2) is 5.96 Å². The number of guanidine groups is 1. The molecule has 0 bridgehead atoms. The van der Waals surface area contributed by atoms with Crippen molar-refractivity contribution in [2.24, 2.45) is 17.8 Å². The molecule has 1 aromatic carbocycles. The molecule has 0 saturated carbocycles. The monoisotopic (exact) mass is 355 g/mol. The van der Waals surface area contributed by atoms with Crippen LogP contribution in [0.2, 0.25) is 0 Å². The fraction of sp³-hybridized carbons (Fsp3) is 0.421. The summed E-state index contributed by atoms with van der Waals surface area (Å²) in [5, 5.41) is 4.62. The molecule has 1 aliphatic heterocycles. The number of aryl methyl sites for hydroxylation is 1. The van der Waals surface area contributed by atoms with Crippen molar-refractivity contribution < 1.29 is 9.53 Å². The smallest absolute Gasteiger partial charge is 0.231 e. The first-order valence-corrected chi connectivity index (χ1v) is 8.73. The lowest BCUT2D eigenvalue weighted by Crippen LogP contribution is -2.48. The van der Waals surface area contributed by atoms with Gasteiger partial charge in [-0.3, -0.25) is 14.4 Å². The number of carbonyl (C=O) groups is 1. The van der Waals surface area contributed by atoms with E-state index in [9.17, 15) is 4.79 Å². The fourth-order valence-electron chi connectivity index (χ4n) is 3.13. The second-order valence-corrected chi connectivity index (χ2v) is 6.79. The largest absolute Gasteiger partial charge is 0.494 e. The third-order valence-electron chi connectivity index (χ3n) is 4.61. The number of carbonyl (C=O) groups excluding carboxylic acids is 1. The minimum absolute atomic E-state index is 0.0577. The van der Waals surface area contributed by atoms with Crippen LogP contribution in [0.3, 0.4) is 0 Å². The average Bonchev–Trinajstić information content (AvgIpc) is 3.01. The Bertz CT molecular complexity index is 857. The summed E-state index contributed by atoms with van der Waals surface area (Å²) in [6.07, 6.45) is 1.21. The molecule has 0 aliphatic carbocycles. The van der Waals surface area contributed by atoms with Crippen LogP contribution in [0, 0.1) is 0 Å². The van der Waals surface area contributed by atoms with E-state index < -0.39 is 5.54 Å². The maximum atomic E-state index is 12.2. The van der Waals surface area contributed by atoms with Gasteiger partial charge >= 0.3 is 0 Å². The van der Waals surface area contributed by atoms with E-state index in [4.69, 9.17) is 10.5 Å². The molecule has 2 N–H and O–H groups in total. The van der Waals surface area contributed by atoms with Crippen molar-refractivity contribution in [2.75, 3.05) is 13.7 Å². The molecule has 26 heavy (non-hydrogen) atoms. The maximum absolute atomic E-state index is 12.2. The van der Waals surface area contributed by atoms with E-state index in [0.717, 1.165) is 29.1 Å². The Morgan fingerprint density at radius 2 is 2.08 bits per heavy atom. The molecule has 1 atom stereocenters. The molecular weight excluding hydrogens is 330 g/mol. The van der Waals surface area contributed by atoms with E-state index in [-0.39, 0.29) is 18.3 Å². The van der Waals surface area contributed by atoms with Gasteiger partial charge in [-0.2, -0.15) is 5.10 Å². The highest BCUT2D eigenvalue weighted by Crippen LogP contribution is 2.35. The zero-order chi connectivity index (χ0) is 18.9. The Morgan fingerprint density at radius 1 is 1.31 bits per heavy atom. The fourth-order valence-corrected chi connectivity index (χ4v) is 3.13. The number of nitrogens with two attached hydrogens (primary N) is 1. The SMILES string of the molecule is CCCOc1cccc(-c2cc([C@]3(C)CC(=O)N(C)C(N)=N3)n(C)n2)c1. The van der Waals surface area contributed by atoms with Crippen LogP contribution in [0.1, 0.15) is 32.4 Å². The molecule has 7 heteroatoms. The van der Waals surface area contributed by atoms with E-state index in [2.05, 4.69) is 17.0 Å². The van der Waals surface area contributed by atoms with Crippen molar-refractivity contribution in [1.29, 1.82) is 0 Å². The van der Waals surface area contributed by atoms with E-state index in [0.29, 0.717) is 6.61 Å². The molecule has 0 unspecified atom stereocenters. The summed E-state index contributed by atoms with van der Waals surface area (Å²) in [7, 11) is 3.49. The number of aromatic nitrogens is 2. The van der Waals surface area contributed by atoms with Crippen LogP contribution in [-0.2, 0) is 17.4 Å². The van der Waals surface area contributed by atoms with Crippen LogP contribution >= 0.6 is 0 Å². The molecule has 0 fully saturated rings. The number of rotatable bonds is 5. The molecule has 3 rings (SSSR count). The van der Waals surface area contributed by atoms with Crippen molar-refractivity contribution in [1.82, 2.24) is 14.7 Å². The highest BCUT2D eigenvalue weighted by atomic mass is 16.5. The molecule has 138 valence electrons. The molecule has 2 heterocycles. The molecule has 0 spiro atoms. The third kappa shape index (κ3) is 3.29. The van der Waals surface area contributed by atoms with Crippen LogP contribution in [0.5, 0.6) is 5.75 Å². The molecular formula is C19H25N5O2. The van der Waals surface area contributed by atoms with Gasteiger partial charge in [-0.1, -0.05) is 19.1 Å². The second kappa shape index (κ2) is 6.82. The Hall–Kier alpha value is -2.83. The van der Waals surface area contributed by atoms with Crippen molar-refractivity contribution in [3.05, 3.63) is 36.0 Å². The third-order valence-corrected chi connectivity index (χ3v) is 4.61. The first-order valence-electron chi connectivity index (χ1n) is 8.73. The van der Waals surface area contributed by atoms with E-state index in [1.807, 2.05) is 44.3 Å². The number of benzene rings is 1. The Kier molecular flexibility index (Phi) is 4.71. The Balaban J connectivity index is 1.96. The number of ether oxygens (including phenoxy) is 1. The number of aliphatic imine (C=N–C) groups is 1. The first kappa shape index (κ1) is 18.0. The van der Waals surface area contributed by atoms with Crippen LogP contribution in [-0.4, -0.2) is 40.2 Å². The normalized spacial score (nSPS) is 20.2. The predicted molar refractivity (Wildman–Crippen MR) is 101 cm³/mol. The van der Waals surface area contributed by atoms with Crippen molar-refractivity contribution in [3.63, 3.8) is 0 Å². The van der Waals surface area contributed by atoms with Gasteiger partial charge < -0.3 is 10.5 Å². The molecule has 2 aromatic rings. The number of hydrogen-bond acceptors (Lipinski definition) is 5. The standard InChI is InChI=1S/C19H25N5O2/c1-5-9-26-14-8-6-7-13(10-14)15-11-16(24(4)22-15)19(2)12-17(25)23(3)18(20)21-19/h6-8,10-11H,5,9,12H2,1-4H3,(H2,20,21)/t19-/m0/s1. The number of nitrogens with zero attached hydrogens (tertiary/aromatic N) is 4. The zero-order valence-corrected chi connectivity index (χ0v) is 15.7. The Labute approximate surface area is 153 Å². The number of amides is 1. The summed E-state index contributed by atoms with van der Waals surface area (Å²) < 4.78 is 7.48.